The number of sulfonamides is 1. The highest BCUT2D eigenvalue weighted by Gasteiger charge is 2.32. The standard InChI is InChI=1S/C11H23NO3S/c1-11(2,8-9-13)12-16(14,15)10-6-4-3-5-7-10/h10,12-13H,3-9H2,1-2H3. The first kappa shape index (κ1) is 13.9. The Labute approximate surface area is 98.5 Å². The molecule has 0 atom stereocenters. The van der Waals surface area contributed by atoms with Gasteiger partial charge < -0.3 is 5.11 Å². The lowest BCUT2D eigenvalue weighted by Gasteiger charge is -2.29. The van der Waals surface area contributed by atoms with Crippen LogP contribution in [0.15, 0.2) is 0 Å². The molecule has 1 rings (SSSR count). The molecule has 2 N–H and O–H groups in total. The first-order valence-corrected chi connectivity index (χ1v) is 7.56. The van der Waals surface area contributed by atoms with E-state index in [4.69, 9.17) is 5.11 Å². The Morgan fingerprint density at radius 2 is 1.81 bits per heavy atom. The van der Waals surface area contributed by atoms with E-state index >= 15 is 0 Å². The molecule has 0 radical (unpaired) electrons. The highest BCUT2D eigenvalue weighted by atomic mass is 32.2. The molecule has 16 heavy (non-hydrogen) atoms. The van der Waals surface area contributed by atoms with Crippen LogP contribution in [-0.2, 0) is 10.0 Å². The van der Waals surface area contributed by atoms with Gasteiger partial charge >= 0.3 is 0 Å². The molecule has 0 unspecified atom stereocenters. The van der Waals surface area contributed by atoms with Crippen LogP contribution in [0.5, 0.6) is 0 Å². The van der Waals surface area contributed by atoms with Crippen LogP contribution >= 0.6 is 0 Å². The maximum absolute atomic E-state index is 12.1. The minimum Gasteiger partial charge on any atom is -0.396 e. The van der Waals surface area contributed by atoms with Crippen LogP contribution in [0.25, 0.3) is 0 Å². The molecule has 0 aromatic heterocycles. The van der Waals surface area contributed by atoms with Crippen molar-refractivity contribution in [1.29, 1.82) is 0 Å². The largest absolute Gasteiger partial charge is 0.396 e. The van der Waals surface area contributed by atoms with E-state index in [-0.39, 0.29) is 11.9 Å². The van der Waals surface area contributed by atoms with E-state index in [1.165, 1.54) is 0 Å². The molecule has 0 spiro atoms. The first-order chi connectivity index (χ1) is 7.37. The molecule has 4 nitrogen and oxygen atoms in total. The van der Waals surface area contributed by atoms with Crippen molar-refractivity contribution in [2.24, 2.45) is 0 Å². The highest BCUT2D eigenvalue weighted by molar-refractivity contribution is 7.90. The number of aliphatic hydroxyl groups is 1. The number of aliphatic hydroxyl groups excluding tert-OH is 1. The first-order valence-electron chi connectivity index (χ1n) is 6.01. The van der Waals surface area contributed by atoms with Crippen LogP contribution < -0.4 is 4.72 Å². The smallest absolute Gasteiger partial charge is 0.214 e. The van der Waals surface area contributed by atoms with Crippen LogP contribution in [0, 0.1) is 0 Å². The van der Waals surface area contributed by atoms with Crippen molar-refractivity contribution in [3.05, 3.63) is 0 Å². The maximum atomic E-state index is 12.1. The van der Waals surface area contributed by atoms with Crippen molar-refractivity contribution in [3.63, 3.8) is 0 Å². The third kappa shape index (κ3) is 4.03. The third-order valence-corrected chi connectivity index (χ3v) is 5.33. The third-order valence-electron chi connectivity index (χ3n) is 3.15. The number of rotatable bonds is 5. The molecule has 0 heterocycles. The molecule has 0 saturated heterocycles. The molecule has 0 bridgehead atoms. The molecular formula is C11H23NO3S. The molecule has 0 aliphatic heterocycles. The van der Waals surface area contributed by atoms with Gasteiger partial charge in [0.25, 0.3) is 0 Å². The number of hydrogen-bond acceptors (Lipinski definition) is 3. The zero-order chi connectivity index (χ0) is 12.2. The van der Waals surface area contributed by atoms with Gasteiger partial charge in [0.1, 0.15) is 0 Å². The molecule has 1 fully saturated rings. The van der Waals surface area contributed by atoms with Gasteiger partial charge in [-0.15, -0.1) is 0 Å². The van der Waals surface area contributed by atoms with Gasteiger partial charge in [-0.05, 0) is 33.1 Å². The zero-order valence-corrected chi connectivity index (χ0v) is 11.0. The van der Waals surface area contributed by atoms with E-state index in [0.29, 0.717) is 6.42 Å². The fourth-order valence-corrected chi connectivity index (χ4v) is 4.17. The van der Waals surface area contributed by atoms with Crippen molar-refractivity contribution in [1.82, 2.24) is 4.72 Å². The van der Waals surface area contributed by atoms with E-state index in [1.807, 2.05) is 13.8 Å². The van der Waals surface area contributed by atoms with E-state index in [2.05, 4.69) is 4.72 Å². The summed E-state index contributed by atoms with van der Waals surface area (Å²) in [4.78, 5) is 0. The summed E-state index contributed by atoms with van der Waals surface area (Å²) in [7, 11) is -3.22. The van der Waals surface area contributed by atoms with Crippen molar-refractivity contribution in [3.8, 4) is 0 Å². The lowest BCUT2D eigenvalue weighted by molar-refractivity contribution is 0.245. The minimum atomic E-state index is -3.22. The monoisotopic (exact) mass is 249 g/mol. The van der Waals surface area contributed by atoms with Crippen molar-refractivity contribution < 1.29 is 13.5 Å². The molecule has 1 aliphatic carbocycles. The average molecular weight is 249 g/mol. The van der Waals surface area contributed by atoms with Crippen molar-refractivity contribution in [2.75, 3.05) is 6.61 Å². The van der Waals surface area contributed by atoms with E-state index in [1.54, 1.807) is 0 Å². The van der Waals surface area contributed by atoms with E-state index in [9.17, 15) is 8.42 Å². The summed E-state index contributed by atoms with van der Waals surface area (Å²) in [6, 6.07) is 0. The van der Waals surface area contributed by atoms with Crippen LogP contribution in [-0.4, -0.2) is 30.9 Å². The van der Waals surface area contributed by atoms with Gasteiger partial charge in [-0.1, -0.05) is 19.3 Å². The number of nitrogens with one attached hydrogen (secondary N) is 1. The highest BCUT2D eigenvalue weighted by Crippen LogP contribution is 2.24. The zero-order valence-electron chi connectivity index (χ0n) is 10.2. The summed E-state index contributed by atoms with van der Waals surface area (Å²) >= 11 is 0. The fraction of sp³-hybridized carbons (Fsp3) is 1.00. The van der Waals surface area contributed by atoms with Gasteiger partial charge in [0.2, 0.25) is 10.0 Å². The Morgan fingerprint density at radius 1 is 1.25 bits per heavy atom. The molecule has 0 amide bonds. The summed E-state index contributed by atoms with van der Waals surface area (Å²) < 4.78 is 26.9. The second kappa shape index (κ2) is 5.47. The topological polar surface area (TPSA) is 66.4 Å². The summed E-state index contributed by atoms with van der Waals surface area (Å²) in [6.07, 6.45) is 5.14. The van der Waals surface area contributed by atoms with Gasteiger partial charge in [-0.3, -0.25) is 0 Å². The van der Waals surface area contributed by atoms with E-state index in [0.717, 1.165) is 32.1 Å². The molecular weight excluding hydrogens is 226 g/mol. The molecule has 96 valence electrons. The minimum absolute atomic E-state index is 0.000185. The van der Waals surface area contributed by atoms with Gasteiger partial charge in [-0.2, -0.15) is 0 Å². The Kier molecular flexibility index (Phi) is 4.76. The van der Waals surface area contributed by atoms with E-state index < -0.39 is 15.6 Å². The predicted octanol–water partition coefficient (Wildman–Crippen LogP) is 1.40. The Balaban J connectivity index is 2.63. The Bertz CT molecular complexity index is 305. The van der Waals surface area contributed by atoms with Crippen LogP contribution in [0.2, 0.25) is 0 Å². The summed E-state index contributed by atoms with van der Waals surface area (Å²) in [5.74, 6) is 0. The molecule has 5 heteroatoms. The second-order valence-corrected chi connectivity index (χ2v) is 7.23. The summed E-state index contributed by atoms with van der Waals surface area (Å²) in [5, 5.41) is 8.64. The van der Waals surface area contributed by atoms with Crippen molar-refractivity contribution >= 4 is 10.0 Å². The number of hydrogen-bond donors (Lipinski definition) is 2. The molecule has 1 aliphatic rings. The van der Waals surface area contributed by atoms with Crippen LogP contribution in [0.4, 0.5) is 0 Å². The van der Waals surface area contributed by atoms with Gasteiger partial charge in [0, 0.05) is 12.1 Å². The van der Waals surface area contributed by atoms with Gasteiger partial charge in [0.05, 0.1) is 5.25 Å². The lowest BCUT2D eigenvalue weighted by Crippen LogP contribution is -2.48. The van der Waals surface area contributed by atoms with Crippen LogP contribution in [0.3, 0.4) is 0 Å². The van der Waals surface area contributed by atoms with Gasteiger partial charge in [0.15, 0.2) is 0 Å². The Hall–Kier alpha value is -0.130. The van der Waals surface area contributed by atoms with Crippen molar-refractivity contribution in [2.45, 2.75) is 63.2 Å². The van der Waals surface area contributed by atoms with Crippen LogP contribution in [0.1, 0.15) is 52.4 Å². The summed E-state index contributed by atoms with van der Waals surface area (Å²) in [6.45, 7) is 3.62. The average Bonchev–Trinajstić information content (AvgIpc) is 2.17. The fourth-order valence-electron chi connectivity index (χ4n) is 2.17. The normalized spacial score (nSPS) is 19.9. The maximum Gasteiger partial charge on any atom is 0.214 e. The summed E-state index contributed by atoms with van der Waals surface area (Å²) in [5.41, 5.74) is -0.551. The second-order valence-electron chi connectivity index (χ2n) is 5.26. The predicted molar refractivity (Wildman–Crippen MR) is 64.7 cm³/mol. The van der Waals surface area contributed by atoms with Gasteiger partial charge in [-0.25, -0.2) is 13.1 Å². The molecule has 0 aromatic rings. The molecule has 1 saturated carbocycles. The lowest BCUT2D eigenvalue weighted by atomic mass is 10.0. The quantitative estimate of drug-likeness (QED) is 0.774. The SMILES string of the molecule is CC(C)(CCO)NS(=O)(=O)C1CCCCC1. The Morgan fingerprint density at radius 3 is 2.31 bits per heavy atom. The molecule has 0 aromatic carbocycles.